The van der Waals surface area contributed by atoms with E-state index in [1.807, 2.05) is 0 Å². The molecule has 1 unspecified atom stereocenters. The highest BCUT2D eigenvalue weighted by molar-refractivity contribution is 6.02. The highest BCUT2D eigenvalue weighted by Gasteiger charge is 2.30. The number of nitrogens with zero attached hydrogens (tertiary/aromatic N) is 1. The van der Waals surface area contributed by atoms with E-state index in [1.54, 1.807) is 6.92 Å². The van der Waals surface area contributed by atoms with Crippen molar-refractivity contribution in [3.63, 3.8) is 0 Å². The van der Waals surface area contributed by atoms with Gasteiger partial charge in [-0.05, 0) is 12.5 Å². The molecule has 0 radical (unpaired) electrons. The van der Waals surface area contributed by atoms with Crippen LogP contribution < -0.4 is 0 Å². The number of amides is 2. The minimum absolute atomic E-state index is 0.101. The average molecular weight is 225 g/mol. The summed E-state index contributed by atoms with van der Waals surface area (Å²) in [6.45, 7) is 4.92. The largest absolute Gasteiger partial charge is 0.391 e. The number of likely N-dealkylation sites (tertiary alicyclic amines) is 1. The number of aliphatic hydroxyl groups is 1. The van der Waals surface area contributed by atoms with Crippen molar-refractivity contribution in [3.8, 4) is 0 Å². The van der Waals surface area contributed by atoms with Crippen molar-refractivity contribution < 1.29 is 19.5 Å². The molecular weight excluding hydrogens is 210 g/mol. The van der Waals surface area contributed by atoms with Gasteiger partial charge in [-0.3, -0.25) is 19.3 Å². The number of Topliss-reactive ketones (excluding diaryl/α,β-unsaturated/α-hetero) is 1. The van der Waals surface area contributed by atoms with Gasteiger partial charge in [0.15, 0.2) is 5.78 Å². The maximum Gasteiger partial charge on any atom is 0.229 e. The molecule has 88 valence electrons. The predicted octanol–water partition coefficient (Wildman–Crippen LogP) is 0.0316. The SMILES string of the molecule is C=C(C)C(=O)CC(O)CN1C(=O)CCC1=O. The topological polar surface area (TPSA) is 74.7 Å². The fourth-order valence-electron chi connectivity index (χ4n) is 1.49. The summed E-state index contributed by atoms with van der Waals surface area (Å²) in [5, 5.41) is 9.56. The average Bonchev–Trinajstić information content (AvgIpc) is 2.49. The molecule has 0 saturated carbocycles. The van der Waals surface area contributed by atoms with Gasteiger partial charge in [0.1, 0.15) is 0 Å². The molecule has 1 atom stereocenters. The Balaban J connectivity index is 2.48. The van der Waals surface area contributed by atoms with Gasteiger partial charge in [-0.1, -0.05) is 6.58 Å². The molecule has 0 bridgehead atoms. The Morgan fingerprint density at radius 2 is 1.94 bits per heavy atom. The van der Waals surface area contributed by atoms with E-state index >= 15 is 0 Å². The number of ketones is 1. The zero-order chi connectivity index (χ0) is 12.3. The summed E-state index contributed by atoms with van der Waals surface area (Å²) in [5.41, 5.74) is 0.359. The third-order valence-electron chi connectivity index (χ3n) is 2.45. The molecule has 5 nitrogen and oxygen atoms in total. The van der Waals surface area contributed by atoms with Gasteiger partial charge in [-0.2, -0.15) is 0 Å². The van der Waals surface area contributed by atoms with Crippen LogP contribution in [0.15, 0.2) is 12.2 Å². The third-order valence-corrected chi connectivity index (χ3v) is 2.45. The number of β-amino-alcohol motifs (C(OH)–C–C–N with tert-alkyl or cyclic N) is 1. The Morgan fingerprint density at radius 1 is 1.44 bits per heavy atom. The lowest BCUT2D eigenvalue weighted by Gasteiger charge is -2.17. The van der Waals surface area contributed by atoms with Crippen molar-refractivity contribution >= 4 is 17.6 Å². The fraction of sp³-hybridized carbons (Fsp3) is 0.545. The highest BCUT2D eigenvalue weighted by Crippen LogP contribution is 2.13. The summed E-state index contributed by atoms with van der Waals surface area (Å²) in [4.78, 5) is 34.7. The lowest BCUT2D eigenvalue weighted by atomic mass is 10.1. The van der Waals surface area contributed by atoms with E-state index in [9.17, 15) is 19.5 Å². The second kappa shape index (κ2) is 5.03. The van der Waals surface area contributed by atoms with E-state index < -0.39 is 6.10 Å². The minimum atomic E-state index is -1.00. The first-order valence-electron chi connectivity index (χ1n) is 5.11. The Morgan fingerprint density at radius 3 is 2.38 bits per heavy atom. The van der Waals surface area contributed by atoms with Crippen molar-refractivity contribution in [1.29, 1.82) is 0 Å². The molecule has 0 aromatic heterocycles. The quantitative estimate of drug-likeness (QED) is 0.529. The molecule has 5 heteroatoms. The zero-order valence-electron chi connectivity index (χ0n) is 9.23. The summed E-state index contributed by atoms with van der Waals surface area (Å²) >= 11 is 0. The van der Waals surface area contributed by atoms with Crippen LogP contribution in [0.2, 0.25) is 0 Å². The number of allylic oxidation sites excluding steroid dienone is 1. The van der Waals surface area contributed by atoms with Crippen LogP contribution in [0.4, 0.5) is 0 Å². The highest BCUT2D eigenvalue weighted by atomic mass is 16.3. The Kier molecular flexibility index (Phi) is 3.95. The van der Waals surface area contributed by atoms with E-state index in [0.717, 1.165) is 4.90 Å². The van der Waals surface area contributed by atoms with Gasteiger partial charge in [0.05, 0.1) is 12.6 Å². The monoisotopic (exact) mass is 225 g/mol. The van der Waals surface area contributed by atoms with Crippen molar-refractivity contribution in [2.24, 2.45) is 0 Å². The Labute approximate surface area is 93.7 Å². The van der Waals surface area contributed by atoms with E-state index in [4.69, 9.17) is 0 Å². The van der Waals surface area contributed by atoms with E-state index in [-0.39, 0.29) is 43.4 Å². The lowest BCUT2D eigenvalue weighted by Crippen LogP contribution is -2.37. The van der Waals surface area contributed by atoms with Gasteiger partial charge in [-0.15, -0.1) is 0 Å². The molecule has 1 aliphatic heterocycles. The second-order valence-electron chi connectivity index (χ2n) is 3.96. The first-order chi connectivity index (χ1) is 7.41. The Hall–Kier alpha value is -1.49. The van der Waals surface area contributed by atoms with Crippen LogP contribution >= 0.6 is 0 Å². The molecule has 1 saturated heterocycles. The first-order valence-corrected chi connectivity index (χ1v) is 5.11. The maximum atomic E-state index is 11.2. The molecule has 1 N–H and O–H groups in total. The number of hydrogen-bond acceptors (Lipinski definition) is 4. The molecule has 1 fully saturated rings. The van der Waals surface area contributed by atoms with Gasteiger partial charge in [-0.25, -0.2) is 0 Å². The van der Waals surface area contributed by atoms with E-state index in [0.29, 0.717) is 5.57 Å². The summed E-state index contributed by atoms with van der Waals surface area (Å²) in [5.74, 6) is -0.828. The molecule has 0 aliphatic carbocycles. The van der Waals surface area contributed by atoms with Crippen LogP contribution in [0.25, 0.3) is 0 Å². The molecule has 1 rings (SSSR count). The van der Waals surface area contributed by atoms with Crippen molar-refractivity contribution in [2.75, 3.05) is 6.54 Å². The van der Waals surface area contributed by atoms with Crippen molar-refractivity contribution in [3.05, 3.63) is 12.2 Å². The van der Waals surface area contributed by atoms with Crippen LogP contribution in [0.3, 0.4) is 0 Å². The lowest BCUT2D eigenvalue weighted by molar-refractivity contribution is -0.140. The number of carbonyl (C=O) groups excluding carboxylic acids is 3. The smallest absolute Gasteiger partial charge is 0.229 e. The molecule has 16 heavy (non-hydrogen) atoms. The van der Waals surface area contributed by atoms with Gasteiger partial charge in [0.2, 0.25) is 11.8 Å². The van der Waals surface area contributed by atoms with Crippen LogP contribution in [-0.4, -0.2) is 40.3 Å². The molecule has 2 amide bonds. The second-order valence-corrected chi connectivity index (χ2v) is 3.96. The zero-order valence-corrected chi connectivity index (χ0v) is 9.23. The number of rotatable bonds is 5. The standard InChI is InChI=1S/C11H15NO4/c1-7(2)9(14)5-8(13)6-12-10(15)3-4-11(12)16/h8,13H,1,3-6H2,2H3. The summed E-state index contributed by atoms with van der Waals surface area (Å²) in [6, 6.07) is 0. The molecule has 0 aromatic rings. The van der Waals surface area contributed by atoms with Crippen LogP contribution in [0, 0.1) is 0 Å². The van der Waals surface area contributed by atoms with Gasteiger partial charge in [0.25, 0.3) is 0 Å². The van der Waals surface area contributed by atoms with Gasteiger partial charge in [0, 0.05) is 19.3 Å². The summed E-state index contributed by atoms with van der Waals surface area (Å²) in [7, 11) is 0. The van der Waals surface area contributed by atoms with Crippen LogP contribution in [0.1, 0.15) is 26.2 Å². The molecule has 0 aromatic carbocycles. The third kappa shape index (κ3) is 3.00. The fourth-order valence-corrected chi connectivity index (χ4v) is 1.49. The van der Waals surface area contributed by atoms with Crippen molar-refractivity contribution in [2.45, 2.75) is 32.3 Å². The molecule has 0 spiro atoms. The van der Waals surface area contributed by atoms with Gasteiger partial charge < -0.3 is 5.11 Å². The summed E-state index contributed by atoms with van der Waals surface area (Å²) in [6.07, 6.45) is -0.720. The predicted molar refractivity (Wildman–Crippen MR) is 56.4 cm³/mol. The number of hydrogen-bond donors (Lipinski definition) is 1. The maximum absolute atomic E-state index is 11.2. The van der Waals surface area contributed by atoms with E-state index in [1.165, 1.54) is 0 Å². The first kappa shape index (κ1) is 12.6. The molecule has 1 heterocycles. The van der Waals surface area contributed by atoms with Crippen LogP contribution in [-0.2, 0) is 14.4 Å². The number of aliphatic hydroxyl groups excluding tert-OH is 1. The van der Waals surface area contributed by atoms with Crippen LogP contribution in [0.5, 0.6) is 0 Å². The number of carbonyl (C=O) groups is 3. The summed E-state index contributed by atoms with van der Waals surface area (Å²) < 4.78 is 0. The number of imide groups is 1. The normalized spacial score (nSPS) is 17.8. The Bertz CT molecular complexity index is 332. The minimum Gasteiger partial charge on any atom is -0.391 e. The molecular formula is C11H15NO4. The molecule has 1 aliphatic rings. The van der Waals surface area contributed by atoms with Gasteiger partial charge >= 0.3 is 0 Å². The van der Waals surface area contributed by atoms with Crippen molar-refractivity contribution in [1.82, 2.24) is 4.90 Å². The van der Waals surface area contributed by atoms with E-state index in [2.05, 4.69) is 6.58 Å².